The molecule has 23 heavy (non-hydrogen) atoms. The number of piperidine rings is 1. The van der Waals surface area contributed by atoms with Crippen molar-refractivity contribution in [3.8, 4) is 0 Å². The van der Waals surface area contributed by atoms with Gasteiger partial charge in [-0.15, -0.1) is 0 Å². The minimum absolute atomic E-state index is 0.141. The molecular weight excluding hydrogens is 294 g/mol. The minimum Gasteiger partial charge on any atom is -0.377 e. The maximum Gasteiger partial charge on any atom is 0.292 e. The summed E-state index contributed by atoms with van der Waals surface area (Å²) in [5.74, 6) is 0.977. The molecule has 1 aromatic heterocycles. The highest BCUT2D eigenvalue weighted by Crippen LogP contribution is 2.28. The van der Waals surface area contributed by atoms with E-state index in [1.54, 1.807) is 18.3 Å². The van der Waals surface area contributed by atoms with Gasteiger partial charge in [0.2, 0.25) is 5.95 Å². The quantitative estimate of drug-likeness (QED) is 0.693. The molecule has 0 radical (unpaired) electrons. The van der Waals surface area contributed by atoms with Crippen molar-refractivity contribution in [2.24, 2.45) is 7.05 Å². The van der Waals surface area contributed by atoms with Gasteiger partial charge < -0.3 is 14.8 Å². The molecule has 0 bridgehead atoms. The fourth-order valence-corrected chi connectivity index (χ4v) is 3.03. The van der Waals surface area contributed by atoms with Crippen LogP contribution in [0.2, 0.25) is 0 Å². The van der Waals surface area contributed by atoms with Crippen molar-refractivity contribution in [3.63, 3.8) is 0 Å². The lowest BCUT2D eigenvalue weighted by molar-refractivity contribution is -0.384. The van der Waals surface area contributed by atoms with Crippen LogP contribution < -0.4 is 10.2 Å². The van der Waals surface area contributed by atoms with E-state index in [2.05, 4.69) is 15.2 Å². The van der Waals surface area contributed by atoms with Crippen molar-refractivity contribution in [1.82, 2.24) is 9.55 Å². The van der Waals surface area contributed by atoms with E-state index in [4.69, 9.17) is 0 Å². The number of aryl methyl sites for hydroxylation is 2. The van der Waals surface area contributed by atoms with Crippen molar-refractivity contribution in [2.45, 2.75) is 25.8 Å². The molecule has 7 nitrogen and oxygen atoms in total. The van der Waals surface area contributed by atoms with Gasteiger partial charge >= 0.3 is 0 Å². The molecule has 1 aliphatic heterocycles. The zero-order chi connectivity index (χ0) is 16.4. The number of nitro groups is 1. The van der Waals surface area contributed by atoms with Crippen LogP contribution in [-0.2, 0) is 7.05 Å². The fourth-order valence-electron chi connectivity index (χ4n) is 3.03. The first-order valence-corrected chi connectivity index (χ1v) is 7.78. The topological polar surface area (TPSA) is 76.2 Å². The highest BCUT2D eigenvalue weighted by Gasteiger charge is 2.23. The number of nitrogens with zero attached hydrogens (tertiary/aromatic N) is 4. The van der Waals surface area contributed by atoms with Crippen LogP contribution >= 0.6 is 0 Å². The summed E-state index contributed by atoms with van der Waals surface area (Å²) < 4.78 is 2.01. The minimum atomic E-state index is -0.329. The van der Waals surface area contributed by atoms with Crippen LogP contribution in [0.15, 0.2) is 30.6 Å². The van der Waals surface area contributed by atoms with Crippen molar-refractivity contribution in [2.75, 3.05) is 23.3 Å². The average molecular weight is 315 g/mol. The van der Waals surface area contributed by atoms with Crippen LogP contribution in [0.1, 0.15) is 18.4 Å². The molecule has 0 unspecified atom stereocenters. The summed E-state index contributed by atoms with van der Waals surface area (Å²) in [6.07, 6.45) is 5.60. The molecular formula is C16H21N5O2. The molecule has 0 amide bonds. The summed E-state index contributed by atoms with van der Waals surface area (Å²) in [4.78, 5) is 17.5. The average Bonchev–Trinajstić information content (AvgIpc) is 2.94. The van der Waals surface area contributed by atoms with Gasteiger partial charge in [-0.05, 0) is 31.4 Å². The third-order valence-electron chi connectivity index (χ3n) is 4.28. The lowest BCUT2D eigenvalue weighted by Gasteiger charge is -2.33. The lowest BCUT2D eigenvalue weighted by atomic mass is 10.0. The second-order valence-electron chi connectivity index (χ2n) is 6.02. The van der Waals surface area contributed by atoms with Crippen LogP contribution in [0, 0.1) is 17.0 Å². The summed E-state index contributed by atoms with van der Waals surface area (Å²) in [6.45, 7) is 3.73. The van der Waals surface area contributed by atoms with Gasteiger partial charge in [-0.25, -0.2) is 4.98 Å². The molecule has 1 aromatic carbocycles. The van der Waals surface area contributed by atoms with Gasteiger partial charge in [0.05, 0.1) is 4.92 Å². The van der Waals surface area contributed by atoms with E-state index in [1.807, 2.05) is 30.8 Å². The van der Waals surface area contributed by atoms with E-state index in [1.165, 1.54) is 0 Å². The van der Waals surface area contributed by atoms with Gasteiger partial charge in [-0.1, -0.05) is 6.07 Å². The molecule has 1 aliphatic rings. The van der Waals surface area contributed by atoms with Crippen molar-refractivity contribution >= 4 is 17.3 Å². The number of rotatable bonds is 4. The molecule has 2 heterocycles. The SMILES string of the molecule is Cc1ccc([N+](=O)[O-])c(NC2CCN(c3nccn3C)CC2)c1. The van der Waals surface area contributed by atoms with E-state index >= 15 is 0 Å². The van der Waals surface area contributed by atoms with E-state index in [0.717, 1.165) is 37.4 Å². The van der Waals surface area contributed by atoms with E-state index in [9.17, 15) is 10.1 Å². The van der Waals surface area contributed by atoms with Crippen LogP contribution in [0.25, 0.3) is 0 Å². The molecule has 3 rings (SSSR count). The van der Waals surface area contributed by atoms with Crippen molar-refractivity contribution < 1.29 is 4.92 Å². The smallest absolute Gasteiger partial charge is 0.292 e. The number of aromatic nitrogens is 2. The van der Waals surface area contributed by atoms with Gasteiger partial charge in [-0.3, -0.25) is 10.1 Å². The molecule has 1 N–H and O–H groups in total. The normalized spacial score (nSPS) is 15.7. The number of anilines is 2. The Bertz CT molecular complexity index is 704. The highest BCUT2D eigenvalue weighted by molar-refractivity contribution is 5.63. The zero-order valence-corrected chi connectivity index (χ0v) is 13.4. The molecule has 0 spiro atoms. The lowest BCUT2D eigenvalue weighted by Crippen LogP contribution is -2.40. The number of hydrogen-bond acceptors (Lipinski definition) is 5. The van der Waals surface area contributed by atoms with Gasteiger partial charge in [0.15, 0.2) is 0 Å². The van der Waals surface area contributed by atoms with E-state index in [0.29, 0.717) is 5.69 Å². The summed E-state index contributed by atoms with van der Waals surface area (Å²) >= 11 is 0. The van der Waals surface area contributed by atoms with Gasteiger partial charge in [0.25, 0.3) is 5.69 Å². The molecule has 0 atom stereocenters. The Balaban J connectivity index is 1.66. The van der Waals surface area contributed by atoms with Gasteiger partial charge in [0, 0.05) is 44.6 Å². The maximum absolute atomic E-state index is 11.2. The Morgan fingerprint density at radius 1 is 1.35 bits per heavy atom. The molecule has 0 saturated carbocycles. The predicted octanol–water partition coefficient (Wildman–Crippen LogP) is 2.72. The molecule has 0 aliphatic carbocycles. The number of nitro benzene ring substituents is 1. The second-order valence-corrected chi connectivity index (χ2v) is 6.02. The third-order valence-corrected chi connectivity index (χ3v) is 4.28. The summed E-state index contributed by atoms with van der Waals surface area (Å²) in [7, 11) is 1.99. The molecule has 1 fully saturated rings. The van der Waals surface area contributed by atoms with E-state index in [-0.39, 0.29) is 16.7 Å². The Labute approximate surface area is 135 Å². The Hall–Kier alpha value is -2.57. The number of benzene rings is 1. The standard InChI is InChI=1S/C16H21N5O2/c1-12-3-4-15(21(22)23)14(11-12)18-13-5-8-20(9-6-13)16-17-7-10-19(16)2/h3-4,7,10-11,13,18H,5-6,8-9H2,1-2H3. The first-order chi connectivity index (χ1) is 11.0. The van der Waals surface area contributed by atoms with E-state index < -0.39 is 0 Å². The monoisotopic (exact) mass is 315 g/mol. The predicted molar refractivity (Wildman–Crippen MR) is 89.9 cm³/mol. The Kier molecular flexibility index (Phi) is 4.18. The number of imidazole rings is 1. The molecule has 7 heteroatoms. The molecule has 122 valence electrons. The van der Waals surface area contributed by atoms with Gasteiger partial charge in [0.1, 0.15) is 5.69 Å². The van der Waals surface area contributed by atoms with Crippen LogP contribution in [0.3, 0.4) is 0 Å². The largest absolute Gasteiger partial charge is 0.377 e. The maximum atomic E-state index is 11.2. The number of hydrogen-bond donors (Lipinski definition) is 1. The van der Waals surface area contributed by atoms with Crippen molar-refractivity contribution in [1.29, 1.82) is 0 Å². The first-order valence-electron chi connectivity index (χ1n) is 7.78. The number of nitrogens with one attached hydrogen (secondary N) is 1. The second kappa shape index (κ2) is 6.28. The third kappa shape index (κ3) is 3.28. The highest BCUT2D eigenvalue weighted by atomic mass is 16.6. The zero-order valence-electron chi connectivity index (χ0n) is 13.4. The van der Waals surface area contributed by atoms with Crippen LogP contribution in [0.5, 0.6) is 0 Å². The van der Waals surface area contributed by atoms with Crippen molar-refractivity contribution in [3.05, 3.63) is 46.3 Å². The van der Waals surface area contributed by atoms with Gasteiger partial charge in [-0.2, -0.15) is 0 Å². The molecule has 2 aromatic rings. The fraction of sp³-hybridized carbons (Fsp3) is 0.438. The van der Waals surface area contributed by atoms with Crippen LogP contribution in [-0.4, -0.2) is 33.6 Å². The molecule has 1 saturated heterocycles. The Morgan fingerprint density at radius 3 is 2.70 bits per heavy atom. The summed E-state index contributed by atoms with van der Waals surface area (Å²) in [6, 6.07) is 5.43. The van der Waals surface area contributed by atoms with Crippen LogP contribution in [0.4, 0.5) is 17.3 Å². The Morgan fingerprint density at radius 2 is 2.09 bits per heavy atom. The summed E-state index contributed by atoms with van der Waals surface area (Å²) in [5, 5.41) is 14.5. The summed E-state index contributed by atoms with van der Waals surface area (Å²) in [5.41, 5.74) is 1.77. The first kappa shape index (κ1) is 15.3.